The van der Waals surface area contributed by atoms with Crippen molar-refractivity contribution >= 4 is 11.6 Å². The van der Waals surface area contributed by atoms with Gasteiger partial charge in [-0.05, 0) is 0 Å². The lowest BCUT2D eigenvalue weighted by atomic mass is 10.3. The topological polar surface area (TPSA) is 91.4 Å². The van der Waals surface area contributed by atoms with Gasteiger partial charge < -0.3 is 20.5 Å². The molecule has 1 aromatic heterocycles. The lowest BCUT2D eigenvalue weighted by Gasteiger charge is -2.09. The zero-order valence-corrected chi connectivity index (χ0v) is 10.0. The van der Waals surface area contributed by atoms with Crippen molar-refractivity contribution < 1.29 is 14.3 Å². The molecular formula is C10H18N4O3. The highest BCUT2D eigenvalue weighted by Gasteiger charge is 2.13. The molecule has 0 aromatic carbocycles. The summed E-state index contributed by atoms with van der Waals surface area (Å²) in [7, 11) is 3.12. The number of nitrogens with one attached hydrogen (secondary N) is 1. The molecule has 0 aliphatic rings. The molecule has 1 unspecified atom stereocenters. The fourth-order valence-electron chi connectivity index (χ4n) is 1.23. The molecule has 1 aromatic rings. The van der Waals surface area contributed by atoms with Crippen molar-refractivity contribution in [2.75, 3.05) is 32.8 Å². The number of amides is 1. The third-order valence-corrected chi connectivity index (χ3v) is 2.11. The highest BCUT2D eigenvalue weighted by atomic mass is 16.5. The van der Waals surface area contributed by atoms with Crippen LogP contribution in [0.15, 0.2) is 12.4 Å². The number of carbonyl (C=O) groups is 1. The Hall–Kier alpha value is -1.44. The standard InChI is InChI=1S/C10H18N4O3/c1-16-4-3-14-6-8(5-12-14)13-10(15)9(11)7-17-2/h5-6,9H,3-4,7,11H2,1-2H3,(H,13,15). The minimum absolute atomic E-state index is 0.184. The monoisotopic (exact) mass is 242 g/mol. The van der Waals surface area contributed by atoms with Gasteiger partial charge in [-0.3, -0.25) is 9.48 Å². The van der Waals surface area contributed by atoms with E-state index >= 15 is 0 Å². The maximum absolute atomic E-state index is 11.5. The number of hydrogen-bond donors (Lipinski definition) is 2. The van der Waals surface area contributed by atoms with Crippen LogP contribution in [0, 0.1) is 0 Å². The average Bonchev–Trinajstić information content (AvgIpc) is 2.74. The molecule has 1 amide bonds. The molecule has 0 aliphatic heterocycles. The molecule has 3 N–H and O–H groups in total. The van der Waals surface area contributed by atoms with Crippen molar-refractivity contribution in [1.29, 1.82) is 0 Å². The van der Waals surface area contributed by atoms with E-state index in [4.69, 9.17) is 15.2 Å². The Morgan fingerprint density at radius 2 is 2.35 bits per heavy atom. The van der Waals surface area contributed by atoms with Crippen molar-refractivity contribution in [3.63, 3.8) is 0 Å². The van der Waals surface area contributed by atoms with Gasteiger partial charge in [0.05, 0.1) is 31.6 Å². The number of anilines is 1. The minimum atomic E-state index is -0.678. The van der Waals surface area contributed by atoms with E-state index in [-0.39, 0.29) is 12.5 Å². The molecular weight excluding hydrogens is 224 g/mol. The smallest absolute Gasteiger partial charge is 0.243 e. The largest absolute Gasteiger partial charge is 0.383 e. The van der Waals surface area contributed by atoms with E-state index in [0.29, 0.717) is 18.8 Å². The molecule has 0 spiro atoms. The van der Waals surface area contributed by atoms with Crippen molar-refractivity contribution in [3.05, 3.63) is 12.4 Å². The molecule has 17 heavy (non-hydrogen) atoms. The van der Waals surface area contributed by atoms with Gasteiger partial charge in [-0.2, -0.15) is 5.10 Å². The first-order chi connectivity index (χ1) is 8.17. The highest BCUT2D eigenvalue weighted by Crippen LogP contribution is 2.05. The molecule has 1 atom stereocenters. The van der Waals surface area contributed by atoms with E-state index < -0.39 is 6.04 Å². The summed E-state index contributed by atoms with van der Waals surface area (Å²) in [6, 6.07) is -0.678. The molecule has 0 radical (unpaired) electrons. The first-order valence-electron chi connectivity index (χ1n) is 5.24. The summed E-state index contributed by atoms with van der Waals surface area (Å²) in [6.45, 7) is 1.39. The zero-order valence-electron chi connectivity index (χ0n) is 10.0. The van der Waals surface area contributed by atoms with Gasteiger partial charge in [-0.1, -0.05) is 0 Å². The highest BCUT2D eigenvalue weighted by molar-refractivity contribution is 5.94. The van der Waals surface area contributed by atoms with Crippen LogP contribution in [0.5, 0.6) is 0 Å². The number of nitrogens with zero attached hydrogens (tertiary/aromatic N) is 2. The van der Waals surface area contributed by atoms with Gasteiger partial charge in [0, 0.05) is 20.4 Å². The number of nitrogens with two attached hydrogens (primary N) is 1. The van der Waals surface area contributed by atoms with Crippen LogP contribution in [0.1, 0.15) is 0 Å². The van der Waals surface area contributed by atoms with Crippen molar-refractivity contribution in [2.45, 2.75) is 12.6 Å². The summed E-state index contributed by atoms with van der Waals surface area (Å²) < 4.78 is 11.4. The van der Waals surface area contributed by atoms with E-state index in [0.717, 1.165) is 0 Å². The van der Waals surface area contributed by atoms with Crippen LogP contribution in [-0.2, 0) is 20.8 Å². The number of ether oxygens (including phenoxy) is 2. The molecule has 1 heterocycles. The predicted octanol–water partition coefficient (Wildman–Crippen LogP) is -0.558. The Bertz CT molecular complexity index is 353. The van der Waals surface area contributed by atoms with Crippen LogP contribution >= 0.6 is 0 Å². The van der Waals surface area contributed by atoms with Crippen molar-refractivity contribution in [3.8, 4) is 0 Å². The van der Waals surface area contributed by atoms with E-state index in [1.165, 1.54) is 7.11 Å². The number of hydrogen-bond acceptors (Lipinski definition) is 5. The SMILES string of the molecule is COCCn1cc(NC(=O)C(N)COC)cn1. The Balaban J connectivity index is 2.45. The van der Waals surface area contributed by atoms with E-state index in [9.17, 15) is 4.79 Å². The first-order valence-corrected chi connectivity index (χ1v) is 5.24. The number of aromatic nitrogens is 2. The molecule has 0 saturated carbocycles. The Morgan fingerprint density at radius 3 is 3.00 bits per heavy atom. The number of carbonyl (C=O) groups excluding carboxylic acids is 1. The average molecular weight is 242 g/mol. The van der Waals surface area contributed by atoms with Gasteiger partial charge in [0.1, 0.15) is 6.04 Å². The molecule has 0 aliphatic carbocycles. The van der Waals surface area contributed by atoms with Crippen LogP contribution in [0.2, 0.25) is 0 Å². The van der Waals surface area contributed by atoms with E-state index in [2.05, 4.69) is 10.4 Å². The van der Waals surface area contributed by atoms with Gasteiger partial charge in [-0.25, -0.2) is 0 Å². The van der Waals surface area contributed by atoms with Gasteiger partial charge in [0.25, 0.3) is 0 Å². The van der Waals surface area contributed by atoms with Crippen LogP contribution < -0.4 is 11.1 Å². The maximum Gasteiger partial charge on any atom is 0.243 e. The Labute approximate surface area is 99.9 Å². The van der Waals surface area contributed by atoms with Crippen LogP contribution in [0.4, 0.5) is 5.69 Å². The molecule has 0 bridgehead atoms. The molecule has 7 heteroatoms. The summed E-state index contributed by atoms with van der Waals surface area (Å²) in [6.07, 6.45) is 3.28. The van der Waals surface area contributed by atoms with Gasteiger partial charge >= 0.3 is 0 Å². The molecule has 0 saturated heterocycles. The quantitative estimate of drug-likeness (QED) is 0.669. The van der Waals surface area contributed by atoms with Crippen molar-refractivity contribution in [2.24, 2.45) is 5.73 Å². The number of methoxy groups -OCH3 is 2. The molecule has 96 valence electrons. The van der Waals surface area contributed by atoms with Crippen molar-refractivity contribution in [1.82, 2.24) is 9.78 Å². The third kappa shape index (κ3) is 4.51. The fraction of sp³-hybridized carbons (Fsp3) is 0.600. The van der Waals surface area contributed by atoms with E-state index in [1.54, 1.807) is 24.2 Å². The second-order valence-corrected chi connectivity index (χ2v) is 3.54. The molecule has 0 fully saturated rings. The fourth-order valence-corrected chi connectivity index (χ4v) is 1.23. The number of rotatable bonds is 7. The first kappa shape index (κ1) is 13.6. The zero-order chi connectivity index (χ0) is 12.7. The van der Waals surface area contributed by atoms with Crippen LogP contribution in [0.25, 0.3) is 0 Å². The lowest BCUT2D eigenvalue weighted by Crippen LogP contribution is -2.39. The summed E-state index contributed by atoms with van der Waals surface area (Å²) >= 11 is 0. The normalized spacial score (nSPS) is 12.4. The van der Waals surface area contributed by atoms with Gasteiger partial charge in [0.15, 0.2) is 0 Å². The third-order valence-electron chi connectivity index (χ3n) is 2.11. The van der Waals surface area contributed by atoms with Gasteiger partial charge in [-0.15, -0.1) is 0 Å². The van der Waals surface area contributed by atoms with Crippen LogP contribution in [-0.4, -0.2) is 49.2 Å². The Kier molecular flexibility index (Phi) is 5.61. The van der Waals surface area contributed by atoms with E-state index in [1.807, 2.05) is 0 Å². The second-order valence-electron chi connectivity index (χ2n) is 3.54. The second kappa shape index (κ2) is 7.00. The summed E-state index contributed by atoms with van der Waals surface area (Å²) in [5, 5.41) is 6.72. The Morgan fingerprint density at radius 1 is 1.59 bits per heavy atom. The minimum Gasteiger partial charge on any atom is -0.383 e. The summed E-state index contributed by atoms with van der Waals surface area (Å²) in [5.74, 6) is -0.293. The summed E-state index contributed by atoms with van der Waals surface area (Å²) in [5.41, 5.74) is 6.19. The maximum atomic E-state index is 11.5. The summed E-state index contributed by atoms with van der Waals surface area (Å²) in [4.78, 5) is 11.5. The molecule has 7 nitrogen and oxygen atoms in total. The van der Waals surface area contributed by atoms with Gasteiger partial charge in [0.2, 0.25) is 5.91 Å². The predicted molar refractivity (Wildman–Crippen MR) is 62.6 cm³/mol. The lowest BCUT2D eigenvalue weighted by molar-refractivity contribution is -0.118. The van der Waals surface area contributed by atoms with Crippen LogP contribution in [0.3, 0.4) is 0 Å². The molecule has 1 rings (SSSR count).